The fourth-order valence-electron chi connectivity index (χ4n) is 4.19. The first kappa shape index (κ1) is 24.8. The molecule has 2 heterocycles. The van der Waals surface area contributed by atoms with Crippen molar-refractivity contribution in [2.24, 2.45) is 0 Å². The second kappa shape index (κ2) is 10.9. The highest BCUT2D eigenvalue weighted by atomic mass is 16.5. The van der Waals surface area contributed by atoms with Gasteiger partial charge in [0.1, 0.15) is 23.0 Å². The number of nitrogens with zero attached hydrogens (tertiary/aromatic N) is 2. The summed E-state index contributed by atoms with van der Waals surface area (Å²) in [5.41, 5.74) is 1.62. The summed E-state index contributed by atoms with van der Waals surface area (Å²) >= 11 is 0. The van der Waals surface area contributed by atoms with Crippen LogP contribution in [0.5, 0.6) is 17.2 Å². The summed E-state index contributed by atoms with van der Waals surface area (Å²) in [5.74, 6) is -0.158. The monoisotopic (exact) mass is 488 g/mol. The Hall–Kier alpha value is -4.33. The van der Waals surface area contributed by atoms with Gasteiger partial charge >= 0.3 is 0 Å². The number of carbonyl (C=O) groups excluding carboxylic acids is 2. The number of aromatic nitrogens is 1. The molecule has 1 saturated heterocycles. The molecule has 1 unspecified atom stereocenters. The SMILES string of the molecule is CCCOc1ccc(C(O)=C2C(=O)C(=O)N(Cc3cccnc3)C2c2cc(OC)ccc2OC)cc1. The van der Waals surface area contributed by atoms with E-state index >= 15 is 0 Å². The van der Waals surface area contributed by atoms with Gasteiger partial charge in [-0.2, -0.15) is 0 Å². The number of ketones is 1. The Morgan fingerprint density at radius 1 is 1.03 bits per heavy atom. The van der Waals surface area contributed by atoms with Gasteiger partial charge in [-0.05, 0) is 60.5 Å². The highest BCUT2D eigenvalue weighted by Gasteiger charge is 2.47. The van der Waals surface area contributed by atoms with E-state index in [4.69, 9.17) is 14.2 Å². The van der Waals surface area contributed by atoms with Gasteiger partial charge < -0.3 is 24.2 Å². The number of aliphatic hydroxyl groups excluding tert-OH is 1. The van der Waals surface area contributed by atoms with Crippen LogP contribution in [0.1, 0.15) is 36.1 Å². The Bertz CT molecular complexity index is 1270. The molecule has 2 aromatic carbocycles. The predicted octanol–water partition coefficient (Wildman–Crippen LogP) is 4.51. The molecular formula is C28H28N2O6. The zero-order valence-electron chi connectivity index (χ0n) is 20.4. The van der Waals surface area contributed by atoms with Crippen LogP contribution in [0.15, 0.2) is 72.6 Å². The molecule has 8 nitrogen and oxygen atoms in total. The third kappa shape index (κ3) is 4.88. The van der Waals surface area contributed by atoms with Crippen LogP contribution in [0.3, 0.4) is 0 Å². The summed E-state index contributed by atoms with van der Waals surface area (Å²) in [6.07, 6.45) is 4.13. The number of benzene rings is 2. The number of pyridine rings is 1. The number of Topliss-reactive ketones (excluding diaryl/α,β-unsaturated/α-hetero) is 1. The second-order valence-electron chi connectivity index (χ2n) is 8.27. The van der Waals surface area contributed by atoms with Crippen LogP contribution in [0.25, 0.3) is 5.76 Å². The average molecular weight is 489 g/mol. The van der Waals surface area contributed by atoms with Crippen LogP contribution in [0.2, 0.25) is 0 Å². The fourth-order valence-corrected chi connectivity index (χ4v) is 4.19. The van der Waals surface area contributed by atoms with Crippen molar-refractivity contribution in [3.63, 3.8) is 0 Å². The summed E-state index contributed by atoms with van der Waals surface area (Å²) in [6, 6.07) is 14.6. The van der Waals surface area contributed by atoms with E-state index in [0.717, 1.165) is 12.0 Å². The van der Waals surface area contributed by atoms with Crippen LogP contribution in [-0.2, 0) is 16.1 Å². The fraction of sp³-hybridized carbons (Fsp3) is 0.250. The topological polar surface area (TPSA) is 98.2 Å². The van der Waals surface area contributed by atoms with Crippen molar-refractivity contribution in [2.45, 2.75) is 25.9 Å². The average Bonchev–Trinajstić information content (AvgIpc) is 3.16. The molecule has 186 valence electrons. The number of aliphatic hydroxyl groups is 1. The molecule has 0 radical (unpaired) electrons. The highest BCUT2D eigenvalue weighted by Crippen LogP contribution is 2.44. The van der Waals surface area contributed by atoms with Gasteiger partial charge in [0.2, 0.25) is 0 Å². The molecule has 1 fully saturated rings. The number of ether oxygens (including phenoxy) is 3. The van der Waals surface area contributed by atoms with E-state index in [9.17, 15) is 14.7 Å². The van der Waals surface area contributed by atoms with Crippen LogP contribution in [0.4, 0.5) is 0 Å². The zero-order chi connectivity index (χ0) is 25.7. The third-order valence-corrected chi connectivity index (χ3v) is 5.95. The van der Waals surface area contributed by atoms with Gasteiger partial charge in [0.15, 0.2) is 0 Å². The molecular weight excluding hydrogens is 460 g/mol. The van der Waals surface area contributed by atoms with Crippen molar-refractivity contribution < 1.29 is 28.9 Å². The molecule has 0 spiro atoms. The number of hydrogen-bond acceptors (Lipinski definition) is 7. The number of methoxy groups -OCH3 is 2. The third-order valence-electron chi connectivity index (χ3n) is 5.95. The maximum absolute atomic E-state index is 13.3. The molecule has 1 N–H and O–H groups in total. The normalized spacial score (nSPS) is 16.8. The minimum atomic E-state index is -0.911. The van der Waals surface area contributed by atoms with Gasteiger partial charge in [-0.15, -0.1) is 0 Å². The van der Waals surface area contributed by atoms with E-state index in [1.165, 1.54) is 19.1 Å². The maximum Gasteiger partial charge on any atom is 0.295 e. The Balaban J connectivity index is 1.86. The Morgan fingerprint density at radius 2 is 1.78 bits per heavy atom. The summed E-state index contributed by atoms with van der Waals surface area (Å²) < 4.78 is 16.6. The number of hydrogen-bond donors (Lipinski definition) is 1. The first-order valence-corrected chi connectivity index (χ1v) is 11.6. The lowest BCUT2D eigenvalue weighted by Gasteiger charge is -2.27. The van der Waals surface area contributed by atoms with E-state index in [0.29, 0.717) is 35.0 Å². The van der Waals surface area contributed by atoms with E-state index < -0.39 is 17.7 Å². The van der Waals surface area contributed by atoms with E-state index in [1.54, 1.807) is 60.9 Å². The summed E-state index contributed by atoms with van der Waals surface area (Å²) in [4.78, 5) is 32.2. The van der Waals surface area contributed by atoms with Gasteiger partial charge in [-0.25, -0.2) is 0 Å². The lowest BCUT2D eigenvalue weighted by Crippen LogP contribution is -2.29. The minimum absolute atomic E-state index is 0.0299. The van der Waals surface area contributed by atoms with Gasteiger partial charge in [0.25, 0.3) is 11.7 Å². The quantitative estimate of drug-likeness (QED) is 0.269. The van der Waals surface area contributed by atoms with Crippen molar-refractivity contribution in [3.8, 4) is 17.2 Å². The van der Waals surface area contributed by atoms with Gasteiger partial charge in [0.05, 0.1) is 32.4 Å². The second-order valence-corrected chi connectivity index (χ2v) is 8.27. The number of likely N-dealkylation sites (tertiary alicyclic amines) is 1. The lowest BCUT2D eigenvalue weighted by molar-refractivity contribution is -0.140. The molecule has 0 aliphatic carbocycles. The molecule has 1 atom stereocenters. The Morgan fingerprint density at radius 3 is 2.42 bits per heavy atom. The van der Waals surface area contributed by atoms with Crippen LogP contribution < -0.4 is 14.2 Å². The highest BCUT2D eigenvalue weighted by molar-refractivity contribution is 6.46. The van der Waals surface area contributed by atoms with E-state index in [1.807, 2.05) is 13.0 Å². The molecule has 36 heavy (non-hydrogen) atoms. The van der Waals surface area contributed by atoms with Gasteiger partial charge in [0, 0.05) is 30.1 Å². The summed E-state index contributed by atoms with van der Waals surface area (Å²) in [7, 11) is 3.04. The van der Waals surface area contributed by atoms with E-state index in [-0.39, 0.29) is 17.9 Å². The smallest absolute Gasteiger partial charge is 0.295 e. The number of amides is 1. The molecule has 1 aliphatic rings. The van der Waals surface area contributed by atoms with Crippen molar-refractivity contribution in [3.05, 3.63) is 89.3 Å². The number of rotatable bonds is 9. The number of carbonyl (C=O) groups is 2. The van der Waals surface area contributed by atoms with Crippen LogP contribution >= 0.6 is 0 Å². The molecule has 1 aromatic heterocycles. The molecule has 4 rings (SSSR count). The van der Waals surface area contributed by atoms with Gasteiger partial charge in [-0.1, -0.05) is 13.0 Å². The van der Waals surface area contributed by atoms with Crippen molar-refractivity contribution in [1.82, 2.24) is 9.88 Å². The van der Waals surface area contributed by atoms with Crippen molar-refractivity contribution in [2.75, 3.05) is 20.8 Å². The molecule has 3 aromatic rings. The lowest BCUT2D eigenvalue weighted by atomic mass is 9.94. The zero-order valence-corrected chi connectivity index (χ0v) is 20.4. The van der Waals surface area contributed by atoms with Crippen molar-refractivity contribution in [1.29, 1.82) is 0 Å². The Labute approximate surface area is 209 Å². The summed E-state index contributed by atoms with van der Waals surface area (Å²) in [5, 5.41) is 11.3. The largest absolute Gasteiger partial charge is 0.507 e. The molecule has 1 amide bonds. The molecule has 8 heteroatoms. The minimum Gasteiger partial charge on any atom is -0.507 e. The van der Waals surface area contributed by atoms with Gasteiger partial charge in [-0.3, -0.25) is 14.6 Å². The van der Waals surface area contributed by atoms with E-state index in [2.05, 4.69) is 4.98 Å². The first-order valence-electron chi connectivity index (χ1n) is 11.6. The molecule has 0 saturated carbocycles. The molecule has 0 bridgehead atoms. The van der Waals surface area contributed by atoms with Crippen LogP contribution in [-0.4, -0.2) is 47.5 Å². The maximum atomic E-state index is 13.3. The first-order chi connectivity index (χ1) is 17.5. The molecule has 1 aliphatic heterocycles. The van der Waals surface area contributed by atoms with Crippen molar-refractivity contribution >= 4 is 17.4 Å². The van der Waals surface area contributed by atoms with Crippen LogP contribution in [0, 0.1) is 0 Å². The Kier molecular flexibility index (Phi) is 7.53. The summed E-state index contributed by atoms with van der Waals surface area (Å²) in [6.45, 7) is 2.70. The standard InChI is InChI=1S/C28H28N2O6/c1-4-14-36-20-9-7-19(8-10-20)26(31)24-25(22-15-21(34-2)11-12-23(22)35-3)30(28(33)27(24)32)17-18-6-5-13-29-16-18/h5-13,15-16,25,31H,4,14,17H2,1-3H3. The predicted molar refractivity (Wildman–Crippen MR) is 134 cm³/mol.